The van der Waals surface area contributed by atoms with Crippen LogP contribution in [0, 0.1) is 21.4 Å². The fourth-order valence-corrected chi connectivity index (χ4v) is 2.86. The monoisotopic (exact) mass is 406 g/mol. The third-order valence-electron chi connectivity index (χ3n) is 4.22. The number of methoxy groups -OCH3 is 1. The normalized spacial score (nSPS) is 11.2. The lowest BCUT2D eigenvalue weighted by Gasteiger charge is -2.11. The van der Waals surface area contributed by atoms with Crippen LogP contribution in [0.25, 0.3) is 22.6 Å². The van der Waals surface area contributed by atoms with Crippen LogP contribution in [-0.4, -0.2) is 28.6 Å². The van der Waals surface area contributed by atoms with Crippen LogP contribution in [0.1, 0.15) is 24.7 Å². The summed E-state index contributed by atoms with van der Waals surface area (Å²) >= 11 is 0. The van der Waals surface area contributed by atoms with E-state index in [0.717, 1.165) is 0 Å². The summed E-state index contributed by atoms with van der Waals surface area (Å²) in [4.78, 5) is 30.2. The fourth-order valence-electron chi connectivity index (χ4n) is 2.86. The lowest BCUT2D eigenvalue weighted by atomic mass is 10.1. The Balaban J connectivity index is 2.14. The molecule has 0 aliphatic rings. The second-order valence-electron chi connectivity index (χ2n) is 6.28. The second kappa shape index (κ2) is 8.87. The van der Waals surface area contributed by atoms with Gasteiger partial charge in [-0.05, 0) is 36.3 Å². The van der Waals surface area contributed by atoms with E-state index in [4.69, 9.17) is 9.47 Å². The van der Waals surface area contributed by atoms with Crippen molar-refractivity contribution in [3.8, 4) is 17.6 Å². The number of benzene rings is 2. The zero-order valence-electron chi connectivity index (χ0n) is 16.3. The van der Waals surface area contributed by atoms with Gasteiger partial charge in [-0.25, -0.2) is 4.98 Å². The van der Waals surface area contributed by atoms with E-state index in [2.05, 4.69) is 9.97 Å². The Bertz CT molecular complexity index is 1240. The van der Waals surface area contributed by atoms with Gasteiger partial charge in [0.2, 0.25) is 5.75 Å². The van der Waals surface area contributed by atoms with Gasteiger partial charge in [0.15, 0.2) is 11.6 Å². The molecule has 0 saturated carbocycles. The van der Waals surface area contributed by atoms with Crippen LogP contribution in [0.15, 0.2) is 41.2 Å². The summed E-state index contributed by atoms with van der Waals surface area (Å²) in [5.74, 6) is 0.257. The summed E-state index contributed by atoms with van der Waals surface area (Å²) < 4.78 is 10.7. The number of allylic oxidation sites excluding steroid dienone is 1. The molecule has 0 spiro atoms. The van der Waals surface area contributed by atoms with Gasteiger partial charge in [-0.15, -0.1) is 0 Å². The van der Waals surface area contributed by atoms with Gasteiger partial charge < -0.3 is 14.5 Å². The maximum Gasteiger partial charge on any atom is 0.315 e. The van der Waals surface area contributed by atoms with Crippen LogP contribution >= 0.6 is 0 Å². The molecule has 0 fully saturated rings. The Labute approximate surface area is 171 Å². The number of ether oxygens (including phenoxy) is 2. The number of hydrogen-bond acceptors (Lipinski definition) is 7. The van der Waals surface area contributed by atoms with Crippen molar-refractivity contribution in [1.29, 1.82) is 5.26 Å². The van der Waals surface area contributed by atoms with Gasteiger partial charge in [0, 0.05) is 6.07 Å². The van der Waals surface area contributed by atoms with E-state index in [1.807, 2.05) is 13.0 Å². The number of nitrogens with zero attached hydrogens (tertiary/aromatic N) is 3. The Morgan fingerprint density at radius 1 is 1.37 bits per heavy atom. The predicted molar refractivity (Wildman–Crippen MR) is 111 cm³/mol. The van der Waals surface area contributed by atoms with Gasteiger partial charge in [-0.2, -0.15) is 5.26 Å². The Hall–Kier alpha value is -4.19. The molecule has 3 rings (SSSR count). The molecular weight excluding hydrogens is 388 g/mol. The van der Waals surface area contributed by atoms with Gasteiger partial charge in [0.25, 0.3) is 5.56 Å². The van der Waals surface area contributed by atoms with Crippen molar-refractivity contribution in [2.45, 2.75) is 13.3 Å². The predicted octanol–water partition coefficient (Wildman–Crippen LogP) is 3.69. The lowest BCUT2D eigenvalue weighted by Crippen LogP contribution is -2.11. The SMILES string of the molecule is CCCOc1c(OC)cc(/C=C(/C#N)c2nc3ccccc3c(=O)[nH]2)cc1[N+](=O)[O-]. The molecule has 1 aromatic heterocycles. The molecule has 1 heterocycles. The third-order valence-corrected chi connectivity index (χ3v) is 4.22. The molecule has 0 aliphatic heterocycles. The van der Waals surface area contributed by atoms with E-state index in [1.165, 1.54) is 25.3 Å². The average molecular weight is 406 g/mol. The molecule has 9 heteroatoms. The first-order chi connectivity index (χ1) is 14.5. The van der Waals surface area contributed by atoms with Crippen LogP contribution < -0.4 is 15.0 Å². The molecule has 0 amide bonds. The Morgan fingerprint density at radius 3 is 2.80 bits per heavy atom. The minimum Gasteiger partial charge on any atom is -0.493 e. The molecule has 1 N–H and O–H groups in total. The first-order valence-electron chi connectivity index (χ1n) is 9.09. The van der Waals surface area contributed by atoms with E-state index in [0.29, 0.717) is 22.9 Å². The first-order valence-corrected chi connectivity index (χ1v) is 9.09. The van der Waals surface area contributed by atoms with Crippen LogP contribution in [0.4, 0.5) is 5.69 Å². The van der Waals surface area contributed by atoms with Crippen molar-refractivity contribution < 1.29 is 14.4 Å². The summed E-state index contributed by atoms with van der Waals surface area (Å²) in [6, 6.07) is 11.5. The number of aromatic nitrogens is 2. The molecule has 0 saturated heterocycles. The minimum absolute atomic E-state index is 0.0252. The number of nitrogens with one attached hydrogen (secondary N) is 1. The number of hydrogen-bond donors (Lipinski definition) is 1. The molecule has 0 bridgehead atoms. The first kappa shape index (κ1) is 20.5. The van der Waals surface area contributed by atoms with E-state index in [1.54, 1.807) is 24.3 Å². The maximum absolute atomic E-state index is 12.3. The van der Waals surface area contributed by atoms with Gasteiger partial charge in [-0.3, -0.25) is 14.9 Å². The van der Waals surface area contributed by atoms with E-state index >= 15 is 0 Å². The Morgan fingerprint density at radius 2 is 2.13 bits per heavy atom. The number of nitro groups is 1. The zero-order chi connectivity index (χ0) is 21.7. The van der Waals surface area contributed by atoms with Crippen molar-refractivity contribution in [1.82, 2.24) is 9.97 Å². The number of nitro benzene ring substituents is 1. The van der Waals surface area contributed by atoms with Gasteiger partial charge in [0.05, 0.1) is 35.1 Å². The molecule has 30 heavy (non-hydrogen) atoms. The summed E-state index contributed by atoms with van der Waals surface area (Å²) in [6.45, 7) is 2.17. The number of rotatable bonds is 7. The third kappa shape index (κ3) is 4.12. The van der Waals surface area contributed by atoms with E-state index in [9.17, 15) is 20.2 Å². The number of H-pyrrole nitrogens is 1. The topological polar surface area (TPSA) is 131 Å². The molecule has 3 aromatic rings. The van der Waals surface area contributed by atoms with Crippen molar-refractivity contribution in [3.05, 3.63) is 68.3 Å². The van der Waals surface area contributed by atoms with Crippen molar-refractivity contribution in [2.24, 2.45) is 0 Å². The van der Waals surface area contributed by atoms with Crippen molar-refractivity contribution in [3.63, 3.8) is 0 Å². The molecule has 0 atom stereocenters. The van der Waals surface area contributed by atoms with Gasteiger partial charge in [-0.1, -0.05) is 19.1 Å². The highest BCUT2D eigenvalue weighted by atomic mass is 16.6. The van der Waals surface area contributed by atoms with E-state index < -0.39 is 4.92 Å². The highest BCUT2D eigenvalue weighted by molar-refractivity contribution is 5.89. The Kier molecular flexibility index (Phi) is 6.08. The number of aromatic amines is 1. The standard InChI is InChI=1S/C21H18N4O5/c1-3-8-30-19-17(25(27)28)10-13(11-18(19)29-2)9-14(12-22)20-23-16-7-5-4-6-15(16)21(26)24-20/h4-7,9-11H,3,8H2,1-2H3,(H,23,24,26)/b14-9-. The second-order valence-corrected chi connectivity index (χ2v) is 6.28. The van der Waals surface area contributed by atoms with Crippen LogP contribution in [0.3, 0.4) is 0 Å². The molecule has 2 aromatic carbocycles. The van der Waals surface area contributed by atoms with Gasteiger partial charge in [0.1, 0.15) is 6.07 Å². The highest BCUT2D eigenvalue weighted by Crippen LogP contribution is 2.39. The van der Waals surface area contributed by atoms with Crippen molar-refractivity contribution >= 4 is 28.2 Å². The summed E-state index contributed by atoms with van der Waals surface area (Å²) in [6.07, 6.45) is 2.06. The van der Waals surface area contributed by atoms with Crippen LogP contribution in [-0.2, 0) is 0 Å². The minimum atomic E-state index is -0.576. The fraction of sp³-hybridized carbons (Fsp3) is 0.190. The van der Waals surface area contributed by atoms with Crippen LogP contribution in [0.2, 0.25) is 0 Å². The smallest absolute Gasteiger partial charge is 0.315 e. The lowest BCUT2D eigenvalue weighted by molar-refractivity contribution is -0.386. The highest BCUT2D eigenvalue weighted by Gasteiger charge is 2.22. The number of fused-ring (bicyclic) bond motifs is 1. The largest absolute Gasteiger partial charge is 0.493 e. The molecule has 0 unspecified atom stereocenters. The molecule has 0 aliphatic carbocycles. The summed E-state index contributed by atoms with van der Waals surface area (Å²) in [5, 5.41) is 21.6. The molecule has 152 valence electrons. The number of para-hydroxylation sites is 1. The average Bonchev–Trinajstić information content (AvgIpc) is 2.75. The van der Waals surface area contributed by atoms with Crippen molar-refractivity contribution in [2.75, 3.05) is 13.7 Å². The number of nitriles is 1. The summed E-state index contributed by atoms with van der Waals surface area (Å²) in [7, 11) is 1.37. The van der Waals surface area contributed by atoms with E-state index in [-0.39, 0.29) is 40.8 Å². The van der Waals surface area contributed by atoms with Gasteiger partial charge >= 0.3 is 5.69 Å². The summed E-state index contributed by atoms with van der Waals surface area (Å²) in [5.41, 5.74) is 0.130. The zero-order valence-corrected chi connectivity index (χ0v) is 16.3. The molecule has 0 radical (unpaired) electrons. The molecule has 9 nitrogen and oxygen atoms in total. The maximum atomic E-state index is 12.3. The van der Waals surface area contributed by atoms with Crippen LogP contribution in [0.5, 0.6) is 11.5 Å². The quantitative estimate of drug-likeness (QED) is 0.359. The molecular formula is C21H18N4O5.